The zero-order chi connectivity index (χ0) is 28.2. The fourth-order valence-corrected chi connectivity index (χ4v) is 4.97. The van der Waals surface area contributed by atoms with E-state index in [0.717, 1.165) is 10.8 Å². The smallest absolute Gasteiger partial charge is 0.264 e. The molecule has 3 aromatic carbocycles. The minimum Gasteiger partial charge on any atom is -0.490 e. The third kappa shape index (κ3) is 6.50. The molecule has 0 saturated heterocycles. The van der Waals surface area contributed by atoms with Crippen LogP contribution in [0.2, 0.25) is 0 Å². The van der Waals surface area contributed by atoms with Crippen molar-refractivity contribution in [3.05, 3.63) is 78.5 Å². The number of rotatable bonds is 10. The molecule has 0 fully saturated rings. The van der Waals surface area contributed by atoms with Crippen molar-refractivity contribution < 1.29 is 22.7 Å². The Morgan fingerprint density at radius 2 is 1.72 bits per heavy atom. The highest BCUT2D eigenvalue weighted by Gasteiger charge is 2.27. The van der Waals surface area contributed by atoms with Gasteiger partial charge in [-0.2, -0.15) is 0 Å². The van der Waals surface area contributed by atoms with Gasteiger partial charge in [0.05, 0.1) is 17.6 Å². The number of nitrogens with zero attached hydrogens (tertiary/aromatic N) is 1. The maximum atomic E-state index is 13.6. The second-order valence-electron chi connectivity index (χ2n) is 9.05. The first-order valence-electron chi connectivity index (χ1n) is 12.3. The van der Waals surface area contributed by atoms with E-state index >= 15 is 0 Å². The second-order valence-corrected chi connectivity index (χ2v) is 10.7. The van der Waals surface area contributed by atoms with Crippen molar-refractivity contribution >= 4 is 43.9 Å². The molecule has 0 spiro atoms. The summed E-state index contributed by atoms with van der Waals surface area (Å²) in [4.78, 5) is 17.6. The molecule has 10 nitrogen and oxygen atoms in total. The van der Waals surface area contributed by atoms with Gasteiger partial charge in [-0.05, 0) is 92.4 Å². The molecule has 204 valence electrons. The molecule has 1 amide bonds. The van der Waals surface area contributed by atoms with Crippen LogP contribution in [-0.4, -0.2) is 32.0 Å². The van der Waals surface area contributed by atoms with Crippen molar-refractivity contribution in [2.75, 3.05) is 23.4 Å². The quantitative estimate of drug-likeness (QED) is 0.212. The van der Waals surface area contributed by atoms with E-state index in [-0.39, 0.29) is 11.0 Å². The lowest BCUT2D eigenvalue weighted by Gasteiger charge is -2.22. The Hall–Kier alpha value is -4.51. The topological polar surface area (TPSA) is 159 Å². The van der Waals surface area contributed by atoms with Gasteiger partial charge >= 0.3 is 0 Å². The average molecular weight is 550 g/mol. The van der Waals surface area contributed by atoms with Crippen LogP contribution in [0.1, 0.15) is 32.4 Å². The van der Waals surface area contributed by atoms with Crippen LogP contribution in [0.15, 0.2) is 77.8 Å². The molecule has 6 N–H and O–H groups in total. The maximum Gasteiger partial charge on any atom is 0.264 e. The number of amides is 1. The van der Waals surface area contributed by atoms with E-state index in [1.54, 1.807) is 42.6 Å². The molecule has 0 aliphatic heterocycles. The summed E-state index contributed by atoms with van der Waals surface area (Å²) in [6.45, 7) is 5.99. The Morgan fingerprint density at radius 1 is 0.974 bits per heavy atom. The lowest BCUT2D eigenvalue weighted by molar-refractivity contribution is -0.120. The lowest BCUT2D eigenvalue weighted by Crippen LogP contribution is -2.37. The molecule has 0 aliphatic rings. The van der Waals surface area contributed by atoms with E-state index in [4.69, 9.17) is 20.9 Å². The molecular weight excluding hydrogens is 518 g/mol. The standard InChI is InChI=1S/C28H31N5O5S/c1-4-37-25-16-19(5-12-24(25)38-17(2)3)26(28(34)33-39(35,36)22-9-6-20(29)7-10-22)32-21-8-11-23-18(15-21)13-14-31-27(23)30/h5-17,26,32H,4,29H2,1-3H3,(H2,30,31)(H,33,34). The highest BCUT2D eigenvalue weighted by molar-refractivity contribution is 7.90. The summed E-state index contributed by atoms with van der Waals surface area (Å²) in [5.41, 5.74) is 13.1. The molecule has 1 aromatic heterocycles. The number of hydrogen-bond donors (Lipinski definition) is 4. The van der Waals surface area contributed by atoms with Crippen LogP contribution in [-0.2, 0) is 14.8 Å². The molecule has 1 atom stereocenters. The molecule has 4 aromatic rings. The van der Waals surface area contributed by atoms with Crippen LogP contribution >= 0.6 is 0 Å². The fraction of sp³-hybridized carbons (Fsp3) is 0.214. The van der Waals surface area contributed by atoms with E-state index in [1.807, 2.05) is 26.8 Å². The van der Waals surface area contributed by atoms with Crippen molar-refractivity contribution in [3.8, 4) is 11.5 Å². The number of nitrogens with two attached hydrogens (primary N) is 2. The minimum absolute atomic E-state index is 0.0897. The summed E-state index contributed by atoms with van der Waals surface area (Å²) in [6.07, 6.45) is 1.49. The third-order valence-electron chi connectivity index (χ3n) is 5.76. The molecule has 0 saturated carbocycles. The van der Waals surface area contributed by atoms with E-state index in [0.29, 0.717) is 40.9 Å². The Morgan fingerprint density at radius 3 is 2.41 bits per heavy atom. The van der Waals surface area contributed by atoms with Crippen LogP contribution in [0.25, 0.3) is 10.8 Å². The largest absolute Gasteiger partial charge is 0.490 e. The van der Waals surface area contributed by atoms with Crippen LogP contribution in [0.4, 0.5) is 17.2 Å². The van der Waals surface area contributed by atoms with E-state index in [9.17, 15) is 13.2 Å². The van der Waals surface area contributed by atoms with Crippen LogP contribution in [0.5, 0.6) is 11.5 Å². The molecule has 0 radical (unpaired) electrons. The third-order valence-corrected chi connectivity index (χ3v) is 7.12. The zero-order valence-electron chi connectivity index (χ0n) is 21.8. The van der Waals surface area contributed by atoms with Crippen LogP contribution in [0.3, 0.4) is 0 Å². The first-order chi connectivity index (χ1) is 18.6. The number of carbonyl (C=O) groups is 1. The number of anilines is 3. The first kappa shape index (κ1) is 27.5. The number of sulfonamides is 1. The molecule has 0 bridgehead atoms. The monoisotopic (exact) mass is 549 g/mol. The Kier molecular flexibility index (Phi) is 8.10. The highest BCUT2D eigenvalue weighted by Crippen LogP contribution is 2.33. The Balaban J connectivity index is 1.74. The van der Waals surface area contributed by atoms with Gasteiger partial charge in [-0.1, -0.05) is 6.07 Å². The summed E-state index contributed by atoms with van der Waals surface area (Å²) in [5, 5.41) is 4.72. The first-order valence-corrected chi connectivity index (χ1v) is 13.8. The number of nitrogens with one attached hydrogen (secondary N) is 2. The SMILES string of the molecule is CCOc1cc(C(Nc2ccc3c(N)nccc3c2)C(=O)NS(=O)(=O)c2ccc(N)cc2)ccc1OC(C)C. The zero-order valence-corrected chi connectivity index (χ0v) is 22.7. The van der Waals surface area contributed by atoms with Gasteiger partial charge in [0.25, 0.3) is 15.9 Å². The van der Waals surface area contributed by atoms with Gasteiger partial charge in [0, 0.05) is 23.0 Å². The molecule has 1 unspecified atom stereocenters. The molecule has 39 heavy (non-hydrogen) atoms. The van der Waals surface area contributed by atoms with Gasteiger partial charge in [-0.15, -0.1) is 0 Å². The van der Waals surface area contributed by atoms with Gasteiger partial charge < -0.3 is 26.3 Å². The number of carbonyl (C=O) groups excluding carboxylic acids is 1. The van der Waals surface area contributed by atoms with Crippen molar-refractivity contribution in [2.24, 2.45) is 0 Å². The van der Waals surface area contributed by atoms with Crippen molar-refractivity contribution in [2.45, 2.75) is 37.8 Å². The van der Waals surface area contributed by atoms with E-state index in [1.165, 1.54) is 24.3 Å². The normalized spacial score (nSPS) is 12.2. The summed E-state index contributed by atoms with van der Waals surface area (Å²) in [7, 11) is -4.18. The Bertz CT molecular complexity index is 1590. The number of nitrogen functional groups attached to an aromatic ring is 2. The van der Waals surface area contributed by atoms with Crippen LogP contribution in [0, 0.1) is 0 Å². The maximum absolute atomic E-state index is 13.6. The van der Waals surface area contributed by atoms with Crippen molar-refractivity contribution in [3.63, 3.8) is 0 Å². The van der Waals surface area contributed by atoms with Gasteiger partial charge in [-0.25, -0.2) is 18.1 Å². The predicted octanol–water partition coefficient (Wildman–Crippen LogP) is 4.24. The number of hydrogen-bond acceptors (Lipinski definition) is 9. The van der Waals surface area contributed by atoms with Crippen LogP contribution < -0.4 is 31.0 Å². The predicted molar refractivity (Wildman–Crippen MR) is 152 cm³/mol. The highest BCUT2D eigenvalue weighted by atomic mass is 32.2. The van der Waals surface area contributed by atoms with Gasteiger partial charge in [-0.3, -0.25) is 4.79 Å². The number of fused-ring (bicyclic) bond motifs is 1. The summed E-state index contributed by atoms with van der Waals surface area (Å²) < 4.78 is 39.9. The second kappa shape index (κ2) is 11.5. The summed E-state index contributed by atoms with van der Waals surface area (Å²) >= 11 is 0. The molecular formula is C28H31N5O5S. The number of pyridine rings is 1. The van der Waals surface area contributed by atoms with Crippen molar-refractivity contribution in [1.82, 2.24) is 9.71 Å². The van der Waals surface area contributed by atoms with Gasteiger partial charge in [0.15, 0.2) is 11.5 Å². The minimum atomic E-state index is -4.18. The lowest BCUT2D eigenvalue weighted by atomic mass is 10.0. The summed E-state index contributed by atoms with van der Waals surface area (Å²) in [5.74, 6) is 0.533. The van der Waals surface area contributed by atoms with Crippen molar-refractivity contribution in [1.29, 1.82) is 0 Å². The number of benzene rings is 3. The Labute approximate surface area is 227 Å². The number of aromatic nitrogens is 1. The van der Waals surface area contributed by atoms with E-state index < -0.39 is 22.0 Å². The molecule has 1 heterocycles. The van der Waals surface area contributed by atoms with E-state index in [2.05, 4.69) is 15.0 Å². The molecule has 4 rings (SSSR count). The summed E-state index contributed by atoms with van der Waals surface area (Å²) in [6, 6.07) is 16.6. The van der Waals surface area contributed by atoms with Gasteiger partial charge in [0.2, 0.25) is 0 Å². The average Bonchev–Trinajstić information content (AvgIpc) is 2.88. The number of ether oxygens (including phenoxy) is 2. The molecule has 11 heteroatoms. The molecule has 0 aliphatic carbocycles. The van der Waals surface area contributed by atoms with Gasteiger partial charge in [0.1, 0.15) is 11.9 Å². The fourth-order valence-electron chi connectivity index (χ4n) is 3.98.